The Hall–Kier alpha value is -1.08. The lowest BCUT2D eigenvalue weighted by molar-refractivity contribution is -0.134. The first-order valence-corrected chi connectivity index (χ1v) is 2.27. The molecule has 0 amide bonds. The Balaban J connectivity index is 3.49. The van der Waals surface area contributed by atoms with E-state index in [1.165, 1.54) is 0 Å². The number of esters is 1. The van der Waals surface area contributed by atoms with Crippen LogP contribution in [0.2, 0.25) is 0 Å². The van der Waals surface area contributed by atoms with Crippen molar-refractivity contribution in [1.29, 1.82) is 0 Å². The van der Waals surface area contributed by atoms with Crippen molar-refractivity contribution in [2.45, 2.75) is 6.92 Å². The van der Waals surface area contributed by atoms with Crippen LogP contribution in [0.3, 0.4) is 0 Å². The Bertz CT molecular complexity index is 124. The van der Waals surface area contributed by atoms with Gasteiger partial charge < -0.3 is 4.74 Å². The second-order valence-electron chi connectivity index (χ2n) is 1.06. The minimum absolute atomic E-state index is 0.380. The molecule has 0 N–H and O–H groups in total. The Morgan fingerprint density at radius 3 is 3.00 bits per heavy atom. The van der Waals surface area contributed by atoms with Crippen LogP contribution in [-0.2, 0) is 9.53 Å². The molecule has 0 radical (unpaired) electrons. The van der Waals surface area contributed by atoms with Crippen molar-refractivity contribution in [3.63, 3.8) is 0 Å². The van der Waals surface area contributed by atoms with Crippen molar-refractivity contribution in [1.82, 2.24) is 4.67 Å². The van der Waals surface area contributed by atoms with Crippen LogP contribution in [0.4, 0.5) is 0 Å². The maximum Gasteiger partial charge on any atom is 0.414 e. The standard InChI is InChI=1S/C5H8NO2/c1-3-8-5(7)4-6-2/h4H,2-3H2,1H3/q+1. The molecule has 0 unspecified atom stereocenters. The van der Waals surface area contributed by atoms with Crippen LogP contribution in [0.5, 0.6) is 0 Å². The second kappa shape index (κ2) is 4.09. The SMILES string of the molecule is C=[N+]=CC(=O)OCC. The van der Waals surface area contributed by atoms with Crippen molar-refractivity contribution in [3.8, 4) is 0 Å². The summed E-state index contributed by atoms with van der Waals surface area (Å²) in [5, 5.41) is 0. The highest BCUT2D eigenvalue weighted by molar-refractivity contribution is 6.22. The summed E-state index contributed by atoms with van der Waals surface area (Å²) in [6.07, 6.45) is 1.03. The van der Waals surface area contributed by atoms with Gasteiger partial charge in [0.05, 0.1) is 6.61 Å². The van der Waals surface area contributed by atoms with Gasteiger partial charge in [0, 0.05) is 0 Å². The van der Waals surface area contributed by atoms with Gasteiger partial charge in [-0.1, -0.05) is 0 Å². The van der Waals surface area contributed by atoms with E-state index in [2.05, 4.69) is 16.1 Å². The first-order chi connectivity index (χ1) is 3.81. The lowest BCUT2D eigenvalue weighted by Crippen LogP contribution is -2.05. The normalized spacial score (nSPS) is 7.12. The summed E-state index contributed by atoms with van der Waals surface area (Å²) in [4.78, 5) is 10.2. The highest BCUT2D eigenvalue weighted by atomic mass is 16.5. The van der Waals surface area contributed by atoms with Crippen LogP contribution >= 0.6 is 0 Å². The van der Waals surface area contributed by atoms with Crippen LogP contribution in [0.15, 0.2) is 0 Å². The third kappa shape index (κ3) is 3.12. The molecule has 0 aromatic heterocycles. The number of carbonyl (C=O) groups is 1. The first-order valence-electron chi connectivity index (χ1n) is 2.27. The van der Waals surface area contributed by atoms with E-state index < -0.39 is 5.97 Å². The quantitative estimate of drug-likeness (QED) is 0.273. The minimum atomic E-state index is -0.442. The highest BCUT2D eigenvalue weighted by Gasteiger charge is 1.98. The highest BCUT2D eigenvalue weighted by Crippen LogP contribution is 1.68. The summed E-state index contributed by atoms with van der Waals surface area (Å²) in [6, 6.07) is 0. The van der Waals surface area contributed by atoms with E-state index in [1.54, 1.807) is 6.92 Å². The molecule has 0 saturated heterocycles. The number of rotatable bonds is 2. The van der Waals surface area contributed by atoms with Crippen molar-refractivity contribution in [2.75, 3.05) is 6.61 Å². The zero-order valence-corrected chi connectivity index (χ0v) is 4.76. The molecule has 0 aromatic carbocycles. The zero-order valence-electron chi connectivity index (χ0n) is 4.76. The number of nitrogens with zero attached hydrogens (tertiary/aromatic N) is 1. The lowest BCUT2D eigenvalue weighted by atomic mass is 10.7. The first kappa shape index (κ1) is 6.92. The van der Waals surface area contributed by atoms with E-state index in [9.17, 15) is 4.79 Å². The monoisotopic (exact) mass is 114 g/mol. The van der Waals surface area contributed by atoms with Crippen molar-refractivity contribution < 1.29 is 9.53 Å². The zero-order chi connectivity index (χ0) is 6.41. The molecule has 3 nitrogen and oxygen atoms in total. The number of carbonyl (C=O) groups excluding carboxylic acids is 1. The Morgan fingerprint density at radius 2 is 2.62 bits per heavy atom. The molecule has 0 spiro atoms. The van der Waals surface area contributed by atoms with Crippen molar-refractivity contribution >= 4 is 18.9 Å². The van der Waals surface area contributed by atoms with Gasteiger partial charge >= 0.3 is 12.2 Å². The molecule has 0 aliphatic rings. The third-order valence-corrected chi connectivity index (χ3v) is 0.483. The molecular formula is C5H8NO2+. The van der Waals surface area contributed by atoms with Gasteiger partial charge in [0.15, 0.2) is 0 Å². The van der Waals surface area contributed by atoms with E-state index in [0.717, 1.165) is 6.21 Å². The molecule has 0 aliphatic heterocycles. The minimum Gasteiger partial charge on any atom is -0.458 e. The lowest BCUT2D eigenvalue weighted by Gasteiger charge is -1.86. The van der Waals surface area contributed by atoms with E-state index >= 15 is 0 Å². The fourth-order valence-corrected chi connectivity index (χ4v) is 0.254. The van der Waals surface area contributed by atoms with E-state index in [-0.39, 0.29) is 0 Å². The third-order valence-electron chi connectivity index (χ3n) is 0.483. The molecule has 3 heteroatoms. The van der Waals surface area contributed by atoms with Gasteiger partial charge in [0.25, 0.3) is 6.72 Å². The van der Waals surface area contributed by atoms with Crippen LogP contribution in [0.1, 0.15) is 6.92 Å². The maximum atomic E-state index is 10.2. The Kier molecular flexibility index (Phi) is 3.54. The summed E-state index contributed by atoms with van der Waals surface area (Å²) in [6.45, 7) is 5.19. The Labute approximate surface area is 47.7 Å². The molecule has 0 bridgehead atoms. The van der Waals surface area contributed by atoms with Gasteiger partial charge in [0.1, 0.15) is 0 Å². The molecule has 0 rings (SSSR count). The van der Waals surface area contributed by atoms with Gasteiger partial charge in [-0.3, -0.25) is 0 Å². The predicted molar refractivity (Wildman–Crippen MR) is 32.0 cm³/mol. The second-order valence-corrected chi connectivity index (χ2v) is 1.06. The fraction of sp³-hybridized carbons (Fsp3) is 0.400. The van der Waals surface area contributed by atoms with Gasteiger partial charge in [-0.25, -0.2) is 4.79 Å². The van der Waals surface area contributed by atoms with E-state index in [1.807, 2.05) is 0 Å². The predicted octanol–water partition coefficient (Wildman–Crippen LogP) is -0.612. The van der Waals surface area contributed by atoms with Gasteiger partial charge in [-0.15, -0.1) is 4.67 Å². The molecule has 0 saturated carbocycles. The number of hydrogen-bond donors (Lipinski definition) is 0. The van der Waals surface area contributed by atoms with Crippen LogP contribution in [0.25, 0.3) is 0 Å². The van der Waals surface area contributed by atoms with Crippen molar-refractivity contribution in [2.24, 2.45) is 0 Å². The van der Waals surface area contributed by atoms with Crippen molar-refractivity contribution in [3.05, 3.63) is 0 Å². The van der Waals surface area contributed by atoms with E-state index in [0.29, 0.717) is 6.61 Å². The molecular weight excluding hydrogens is 106 g/mol. The van der Waals surface area contributed by atoms with Gasteiger partial charge in [0.2, 0.25) is 0 Å². The van der Waals surface area contributed by atoms with E-state index in [4.69, 9.17) is 0 Å². The average molecular weight is 114 g/mol. The molecule has 44 valence electrons. The number of hydrogen-bond acceptors (Lipinski definition) is 2. The summed E-state index contributed by atoms with van der Waals surface area (Å²) in [5.74, 6) is -0.442. The van der Waals surface area contributed by atoms with Gasteiger partial charge in [-0.05, 0) is 6.92 Å². The summed E-state index contributed by atoms with van der Waals surface area (Å²) < 4.78 is 7.66. The fourth-order valence-electron chi connectivity index (χ4n) is 0.254. The summed E-state index contributed by atoms with van der Waals surface area (Å²) in [7, 11) is 0. The molecule has 0 atom stereocenters. The smallest absolute Gasteiger partial charge is 0.414 e. The molecule has 0 aliphatic carbocycles. The van der Waals surface area contributed by atoms with Crippen LogP contribution < -0.4 is 4.67 Å². The number of ether oxygens (including phenoxy) is 1. The molecule has 0 fully saturated rings. The summed E-state index contributed by atoms with van der Waals surface area (Å²) >= 11 is 0. The molecule has 0 heterocycles. The largest absolute Gasteiger partial charge is 0.458 e. The average Bonchev–Trinajstić information content (AvgIpc) is 1.68. The topological polar surface area (TPSA) is 40.4 Å². The molecule has 0 aromatic rings. The summed E-state index contributed by atoms with van der Waals surface area (Å²) in [5.41, 5.74) is 0. The Morgan fingerprint density at radius 1 is 2.00 bits per heavy atom. The van der Waals surface area contributed by atoms with Gasteiger partial charge in [-0.2, -0.15) is 0 Å². The molecule has 8 heavy (non-hydrogen) atoms. The van der Waals surface area contributed by atoms with Crippen LogP contribution in [0, 0.1) is 0 Å². The van der Waals surface area contributed by atoms with Crippen LogP contribution in [-0.4, -0.2) is 25.5 Å². The maximum absolute atomic E-state index is 10.2.